The van der Waals surface area contributed by atoms with Gasteiger partial charge in [0.05, 0.1) is 12.7 Å². The maximum Gasteiger partial charge on any atom is 0.167 e. The zero-order chi connectivity index (χ0) is 19.4. The molecule has 1 nitrogen and oxygen atoms in total. The van der Waals surface area contributed by atoms with Crippen LogP contribution in [0.3, 0.4) is 0 Å². The lowest BCUT2D eigenvalue weighted by atomic mass is 9.91. The topological polar surface area (TPSA) is 9.23 Å². The van der Waals surface area contributed by atoms with E-state index in [-0.39, 0.29) is 16.7 Å². The highest BCUT2D eigenvalue weighted by molar-refractivity contribution is 5.66. The third-order valence-corrected chi connectivity index (χ3v) is 5.55. The van der Waals surface area contributed by atoms with Crippen molar-refractivity contribution in [3.05, 3.63) is 58.9 Å². The van der Waals surface area contributed by atoms with E-state index in [0.29, 0.717) is 18.9 Å². The van der Waals surface area contributed by atoms with Crippen molar-refractivity contribution in [2.75, 3.05) is 6.61 Å². The average Bonchev–Trinajstić information content (AvgIpc) is 2.69. The van der Waals surface area contributed by atoms with E-state index in [1.807, 2.05) is 0 Å². The van der Waals surface area contributed by atoms with E-state index < -0.39 is 23.6 Å². The maximum absolute atomic E-state index is 14.7. The van der Waals surface area contributed by atoms with Crippen LogP contribution in [0.15, 0.2) is 30.3 Å². The van der Waals surface area contributed by atoms with E-state index in [9.17, 15) is 13.2 Å². The van der Waals surface area contributed by atoms with Crippen LogP contribution >= 0.6 is 0 Å². The first-order chi connectivity index (χ1) is 13.0. The third-order valence-electron chi connectivity index (χ3n) is 5.55. The molecule has 0 radical (unpaired) electrons. The molecule has 0 saturated carbocycles. The SMILES string of the molecule is CCCCc1ccc(-c2ccc(C3CCC(CC)CO3)c(F)c2F)c(F)c1. The summed E-state index contributed by atoms with van der Waals surface area (Å²) < 4.78 is 49.7. The number of ether oxygens (including phenoxy) is 1. The second kappa shape index (κ2) is 8.92. The number of rotatable bonds is 6. The van der Waals surface area contributed by atoms with Crippen molar-refractivity contribution in [3.8, 4) is 11.1 Å². The lowest BCUT2D eigenvalue weighted by Crippen LogP contribution is -2.21. The number of hydrogen-bond acceptors (Lipinski definition) is 1. The van der Waals surface area contributed by atoms with Crippen molar-refractivity contribution < 1.29 is 17.9 Å². The molecule has 4 heteroatoms. The molecule has 27 heavy (non-hydrogen) atoms. The van der Waals surface area contributed by atoms with E-state index in [1.54, 1.807) is 12.1 Å². The fourth-order valence-corrected chi connectivity index (χ4v) is 3.71. The number of unbranched alkanes of at least 4 members (excludes halogenated alkanes) is 1. The van der Waals surface area contributed by atoms with Gasteiger partial charge in [-0.25, -0.2) is 13.2 Å². The fourth-order valence-electron chi connectivity index (χ4n) is 3.71. The highest BCUT2D eigenvalue weighted by atomic mass is 19.2. The van der Waals surface area contributed by atoms with E-state index in [2.05, 4.69) is 13.8 Å². The lowest BCUT2D eigenvalue weighted by molar-refractivity contribution is -0.0200. The van der Waals surface area contributed by atoms with Gasteiger partial charge in [-0.2, -0.15) is 0 Å². The molecule has 2 aromatic carbocycles. The summed E-state index contributed by atoms with van der Waals surface area (Å²) in [7, 11) is 0. The fraction of sp³-hybridized carbons (Fsp3) is 0.478. The summed E-state index contributed by atoms with van der Waals surface area (Å²) in [6, 6.07) is 7.75. The van der Waals surface area contributed by atoms with Gasteiger partial charge >= 0.3 is 0 Å². The van der Waals surface area contributed by atoms with Crippen LogP contribution in [-0.2, 0) is 11.2 Å². The molecule has 0 bridgehead atoms. The Morgan fingerprint density at radius 1 is 0.963 bits per heavy atom. The summed E-state index contributed by atoms with van der Waals surface area (Å²) >= 11 is 0. The van der Waals surface area contributed by atoms with E-state index in [4.69, 9.17) is 4.74 Å². The maximum atomic E-state index is 14.7. The van der Waals surface area contributed by atoms with Crippen LogP contribution in [0.5, 0.6) is 0 Å². The highest BCUT2D eigenvalue weighted by Gasteiger charge is 2.27. The van der Waals surface area contributed by atoms with Crippen molar-refractivity contribution in [3.63, 3.8) is 0 Å². The van der Waals surface area contributed by atoms with Crippen LogP contribution in [0, 0.1) is 23.4 Å². The predicted octanol–water partition coefficient (Wildman–Crippen LogP) is 6.99. The summed E-state index contributed by atoms with van der Waals surface area (Å²) in [6.07, 6.45) is 4.98. The standard InChI is InChI=1S/C23H27F3O/c1-3-5-6-16-7-9-17(20(24)13-16)18-10-11-19(23(26)22(18)25)21-12-8-15(4-2)14-27-21/h7,9-11,13,15,21H,3-6,8,12,14H2,1-2H3. The molecule has 0 N–H and O–H groups in total. The van der Waals surface area contributed by atoms with Crippen LogP contribution in [0.4, 0.5) is 13.2 Å². The summed E-state index contributed by atoms with van der Waals surface area (Å²) in [6.45, 7) is 4.74. The predicted molar refractivity (Wildman–Crippen MR) is 102 cm³/mol. The first-order valence-electron chi connectivity index (χ1n) is 9.93. The molecule has 146 valence electrons. The molecule has 0 aromatic heterocycles. The zero-order valence-corrected chi connectivity index (χ0v) is 16.0. The van der Waals surface area contributed by atoms with Gasteiger partial charge in [0.25, 0.3) is 0 Å². The van der Waals surface area contributed by atoms with Gasteiger partial charge in [-0.1, -0.05) is 51.0 Å². The molecular weight excluding hydrogens is 349 g/mol. The first-order valence-corrected chi connectivity index (χ1v) is 9.93. The van der Waals surface area contributed by atoms with Crippen LogP contribution < -0.4 is 0 Å². The highest BCUT2D eigenvalue weighted by Crippen LogP contribution is 2.36. The molecule has 1 saturated heterocycles. The number of hydrogen-bond donors (Lipinski definition) is 0. The van der Waals surface area contributed by atoms with Crippen molar-refractivity contribution in [1.29, 1.82) is 0 Å². The molecule has 0 aliphatic carbocycles. The Balaban J connectivity index is 1.85. The summed E-state index contributed by atoms with van der Waals surface area (Å²) in [5, 5.41) is 0. The molecule has 2 unspecified atom stereocenters. The van der Waals surface area contributed by atoms with Crippen molar-refractivity contribution >= 4 is 0 Å². The Bertz CT molecular complexity index is 779. The average molecular weight is 376 g/mol. The van der Waals surface area contributed by atoms with Gasteiger partial charge in [-0.05, 0) is 43.2 Å². The van der Waals surface area contributed by atoms with Gasteiger partial charge in [-0.15, -0.1) is 0 Å². The van der Waals surface area contributed by atoms with Gasteiger partial charge in [-0.3, -0.25) is 0 Å². The molecule has 1 heterocycles. The Morgan fingerprint density at radius 3 is 2.37 bits per heavy atom. The Hall–Kier alpha value is -1.81. The minimum Gasteiger partial charge on any atom is -0.373 e. The largest absolute Gasteiger partial charge is 0.373 e. The van der Waals surface area contributed by atoms with Crippen LogP contribution in [-0.4, -0.2) is 6.61 Å². The minimum absolute atomic E-state index is 0.0435. The van der Waals surface area contributed by atoms with Crippen molar-refractivity contribution in [1.82, 2.24) is 0 Å². The Labute approximate surface area is 159 Å². The Morgan fingerprint density at radius 2 is 1.74 bits per heavy atom. The first kappa shape index (κ1) is 19.9. The van der Waals surface area contributed by atoms with E-state index in [0.717, 1.165) is 37.7 Å². The molecule has 2 aromatic rings. The Kier molecular flexibility index (Phi) is 6.59. The van der Waals surface area contributed by atoms with Crippen LogP contribution in [0.2, 0.25) is 0 Å². The molecule has 0 spiro atoms. The number of benzene rings is 2. The summed E-state index contributed by atoms with van der Waals surface area (Å²) in [4.78, 5) is 0. The van der Waals surface area contributed by atoms with E-state index >= 15 is 0 Å². The zero-order valence-electron chi connectivity index (χ0n) is 16.0. The molecule has 1 aliphatic rings. The van der Waals surface area contributed by atoms with Crippen LogP contribution in [0.25, 0.3) is 11.1 Å². The van der Waals surface area contributed by atoms with Gasteiger partial charge in [0, 0.05) is 16.7 Å². The molecule has 0 amide bonds. The quantitative estimate of drug-likeness (QED) is 0.528. The molecule has 1 fully saturated rings. The van der Waals surface area contributed by atoms with Gasteiger partial charge in [0.15, 0.2) is 11.6 Å². The van der Waals surface area contributed by atoms with Crippen molar-refractivity contribution in [2.24, 2.45) is 5.92 Å². The van der Waals surface area contributed by atoms with Gasteiger partial charge in [0.2, 0.25) is 0 Å². The monoisotopic (exact) mass is 376 g/mol. The molecule has 1 aliphatic heterocycles. The normalized spacial score (nSPS) is 20.0. The molecular formula is C23H27F3O. The number of halogens is 3. The van der Waals surface area contributed by atoms with Crippen molar-refractivity contribution in [2.45, 2.75) is 58.5 Å². The second-order valence-electron chi connectivity index (χ2n) is 7.42. The lowest BCUT2D eigenvalue weighted by Gasteiger charge is -2.29. The molecule has 2 atom stereocenters. The van der Waals surface area contributed by atoms with E-state index in [1.165, 1.54) is 18.2 Å². The third kappa shape index (κ3) is 4.37. The molecule has 3 rings (SSSR count). The second-order valence-corrected chi connectivity index (χ2v) is 7.42. The van der Waals surface area contributed by atoms with Gasteiger partial charge < -0.3 is 4.74 Å². The minimum atomic E-state index is -1.01. The summed E-state index contributed by atoms with van der Waals surface area (Å²) in [5.41, 5.74) is 1.15. The smallest absolute Gasteiger partial charge is 0.167 e. The number of aryl methyl sites for hydroxylation is 1. The summed E-state index contributed by atoms with van der Waals surface area (Å²) in [5.74, 6) is -1.97. The van der Waals surface area contributed by atoms with Crippen LogP contribution in [0.1, 0.15) is 63.2 Å². The van der Waals surface area contributed by atoms with Gasteiger partial charge in [0.1, 0.15) is 5.82 Å².